The Morgan fingerprint density at radius 1 is 1.29 bits per heavy atom. The molecule has 1 N–H and O–H groups in total. The molecule has 118 valence electrons. The van der Waals surface area contributed by atoms with Crippen LogP contribution in [-0.4, -0.2) is 25.0 Å². The monoisotopic (exact) mass is 318 g/mol. The topological polar surface area (TPSA) is 54.4 Å². The first-order valence-electron chi connectivity index (χ1n) is 7.03. The predicted molar refractivity (Wildman–Crippen MR) is 76.6 cm³/mol. The number of halogens is 2. The average molecular weight is 318 g/mol. The molecule has 2 rings (SSSR count). The first kappa shape index (κ1) is 16.4. The molecular weight excluding hydrogens is 298 g/mol. The minimum atomic E-state index is -3.20. The van der Waals surface area contributed by atoms with Crippen LogP contribution >= 0.6 is 0 Å². The van der Waals surface area contributed by atoms with E-state index in [0.717, 1.165) is 6.07 Å². The Morgan fingerprint density at radius 2 is 1.95 bits per heavy atom. The van der Waals surface area contributed by atoms with Crippen LogP contribution in [0.1, 0.15) is 42.9 Å². The number of rotatable bonds is 3. The van der Waals surface area contributed by atoms with E-state index in [-0.39, 0.29) is 17.5 Å². The highest BCUT2D eigenvalue weighted by atomic mass is 32.2. The Balaban J connectivity index is 2.28. The Kier molecular flexibility index (Phi) is 4.68. The van der Waals surface area contributed by atoms with Gasteiger partial charge in [-0.25, -0.2) is 17.2 Å². The Morgan fingerprint density at radius 3 is 2.57 bits per heavy atom. The molecule has 0 bridgehead atoms. The van der Waals surface area contributed by atoms with Crippen molar-refractivity contribution in [3.8, 4) is 0 Å². The quantitative estimate of drug-likeness (QED) is 0.932. The molecule has 3 unspecified atom stereocenters. The lowest BCUT2D eigenvalue weighted by molar-refractivity contribution is 0.0789. The van der Waals surface area contributed by atoms with Crippen molar-refractivity contribution in [2.24, 2.45) is 5.92 Å². The fraction of sp³-hybridized carbons (Fsp3) is 0.600. The molecule has 1 fully saturated rings. The zero-order valence-electron chi connectivity index (χ0n) is 12.1. The Bertz CT molecular complexity index is 628. The van der Waals surface area contributed by atoms with Gasteiger partial charge in [0, 0.05) is 6.26 Å². The molecule has 1 aliphatic carbocycles. The number of hydrogen-bond donors (Lipinski definition) is 1. The molecule has 6 heteroatoms. The summed E-state index contributed by atoms with van der Waals surface area (Å²) in [4.78, 5) is 0. The van der Waals surface area contributed by atoms with Crippen LogP contribution in [0.15, 0.2) is 12.1 Å². The van der Waals surface area contributed by atoms with Crippen LogP contribution in [0.2, 0.25) is 0 Å². The minimum Gasteiger partial charge on any atom is -0.388 e. The summed E-state index contributed by atoms with van der Waals surface area (Å²) in [5, 5.41) is 9.80. The van der Waals surface area contributed by atoms with Gasteiger partial charge < -0.3 is 5.11 Å². The summed E-state index contributed by atoms with van der Waals surface area (Å²) in [5.41, 5.74) is -0.0740. The van der Waals surface area contributed by atoms with Gasteiger partial charge in [-0.15, -0.1) is 0 Å². The molecule has 1 aliphatic rings. The van der Waals surface area contributed by atoms with Crippen molar-refractivity contribution < 1.29 is 22.3 Å². The maximum Gasteiger partial charge on any atom is 0.150 e. The van der Waals surface area contributed by atoms with Crippen molar-refractivity contribution in [2.75, 3.05) is 6.26 Å². The van der Waals surface area contributed by atoms with Crippen molar-refractivity contribution in [1.29, 1.82) is 0 Å². The standard InChI is InChI=1S/C15H20F2O3S/c1-9-6-7-12(16)13(14(9)17)15(18)10-4-3-5-11(8-10)21(2,19)20/h6-7,10-11,15,18H,3-5,8H2,1-2H3. The van der Waals surface area contributed by atoms with Crippen LogP contribution in [0.25, 0.3) is 0 Å². The molecule has 3 nitrogen and oxygen atoms in total. The number of hydrogen-bond acceptors (Lipinski definition) is 3. The molecule has 3 atom stereocenters. The molecule has 1 aromatic rings. The number of benzene rings is 1. The SMILES string of the molecule is Cc1ccc(F)c(C(O)C2CCCC(S(C)(=O)=O)C2)c1F. The van der Waals surface area contributed by atoms with Crippen LogP contribution in [0, 0.1) is 24.5 Å². The van der Waals surface area contributed by atoms with Gasteiger partial charge >= 0.3 is 0 Å². The van der Waals surface area contributed by atoms with Gasteiger partial charge in [0.05, 0.1) is 16.9 Å². The molecule has 1 aromatic carbocycles. The fourth-order valence-electron chi connectivity index (χ4n) is 3.04. The molecule has 21 heavy (non-hydrogen) atoms. The van der Waals surface area contributed by atoms with Gasteiger partial charge in [-0.05, 0) is 43.7 Å². The van der Waals surface area contributed by atoms with Crippen LogP contribution in [-0.2, 0) is 9.84 Å². The van der Waals surface area contributed by atoms with E-state index in [1.54, 1.807) is 0 Å². The summed E-state index contributed by atoms with van der Waals surface area (Å²) in [6, 6.07) is 2.45. The third-order valence-corrected chi connectivity index (χ3v) is 5.97. The Labute approximate surface area is 123 Å². The van der Waals surface area contributed by atoms with E-state index >= 15 is 0 Å². The average Bonchev–Trinajstić information content (AvgIpc) is 2.42. The van der Waals surface area contributed by atoms with Crippen LogP contribution in [0.4, 0.5) is 8.78 Å². The molecule has 0 radical (unpaired) electrons. The summed E-state index contributed by atoms with van der Waals surface area (Å²) < 4.78 is 51.2. The van der Waals surface area contributed by atoms with Gasteiger partial charge in [0.15, 0.2) is 0 Å². The summed E-state index contributed by atoms with van der Waals surface area (Å²) in [7, 11) is -3.20. The molecule has 1 saturated carbocycles. The highest BCUT2D eigenvalue weighted by molar-refractivity contribution is 7.91. The first-order chi connectivity index (χ1) is 9.71. The normalized spacial score (nSPS) is 24.8. The number of aryl methyl sites for hydroxylation is 1. The lowest BCUT2D eigenvalue weighted by Gasteiger charge is -2.31. The molecule has 0 aromatic heterocycles. The molecule has 0 heterocycles. The highest BCUT2D eigenvalue weighted by Gasteiger charge is 2.35. The molecule has 0 aliphatic heterocycles. The van der Waals surface area contributed by atoms with Gasteiger partial charge in [-0.3, -0.25) is 0 Å². The van der Waals surface area contributed by atoms with E-state index < -0.39 is 38.7 Å². The number of sulfone groups is 1. The largest absolute Gasteiger partial charge is 0.388 e. The van der Waals surface area contributed by atoms with E-state index in [0.29, 0.717) is 19.3 Å². The smallest absolute Gasteiger partial charge is 0.150 e. The molecular formula is C15H20F2O3S. The summed E-state index contributed by atoms with van der Waals surface area (Å²) >= 11 is 0. The fourth-order valence-corrected chi connectivity index (χ4v) is 4.23. The second kappa shape index (κ2) is 6.01. The number of aliphatic hydroxyl groups is 1. The molecule has 0 saturated heterocycles. The number of aliphatic hydroxyl groups excluding tert-OH is 1. The van der Waals surface area contributed by atoms with E-state index in [2.05, 4.69) is 0 Å². The van der Waals surface area contributed by atoms with Crippen molar-refractivity contribution >= 4 is 9.84 Å². The van der Waals surface area contributed by atoms with E-state index in [9.17, 15) is 22.3 Å². The summed E-state index contributed by atoms with van der Waals surface area (Å²) in [6.45, 7) is 1.51. The van der Waals surface area contributed by atoms with E-state index in [4.69, 9.17) is 0 Å². The zero-order chi connectivity index (χ0) is 15.8. The maximum absolute atomic E-state index is 14.1. The predicted octanol–water partition coefficient (Wildman–Crippen LogP) is 2.91. The third-order valence-electron chi connectivity index (χ3n) is 4.33. The van der Waals surface area contributed by atoms with Gasteiger partial charge in [0.25, 0.3) is 0 Å². The lowest BCUT2D eigenvalue weighted by atomic mass is 9.82. The van der Waals surface area contributed by atoms with Gasteiger partial charge in [0.2, 0.25) is 0 Å². The van der Waals surface area contributed by atoms with Crippen LogP contribution in [0.3, 0.4) is 0 Å². The lowest BCUT2D eigenvalue weighted by Crippen LogP contribution is -2.30. The van der Waals surface area contributed by atoms with Crippen LogP contribution < -0.4 is 0 Å². The van der Waals surface area contributed by atoms with Gasteiger partial charge in [-0.2, -0.15) is 0 Å². The Hall–Kier alpha value is -1.01. The highest BCUT2D eigenvalue weighted by Crippen LogP contribution is 2.38. The summed E-state index contributed by atoms with van der Waals surface area (Å²) in [5.74, 6) is -1.97. The second-order valence-corrected chi connectivity index (χ2v) is 8.24. The van der Waals surface area contributed by atoms with Crippen LogP contribution in [0.5, 0.6) is 0 Å². The minimum absolute atomic E-state index is 0.243. The van der Waals surface area contributed by atoms with Crippen molar-refractivity contribution in [2.45, 2.75) is 44.0 Å². The van der Waals surface area contributed by atoms with Crippen molar-refractivity contribution in [3.05, 3.63) is 34.9 Å². The molecule has 0 spiro atoms. The van der Waals surface area contributed by atoms with Gasteiger partial charge in [-0.1, -0.05) is 12.5 Å². The molecule has 0 amide bonds. The maximum atomic E-state index is 14.1. The van der Waals surface area contributed by atoms with Crippen molar-refractivity contribution in [3.63, 3.8) is 0 Å². The third kappa shape index (κ3) is 3.43. The zero-order valence-corrected chi connectivity index (χ0v) is 13.0. The van der Waals surface area contributed by atoms with E-state index in [1.807, 2.05) is 0 Å². The van der Waals surface area contributed by atoms with Crippen molar-refractivity contribution in [1.82, 2.24) is 0 Å². The van der Waals surface area contributed by atoms with Gasteiger partial charge in [0.1, 0.15) is 21.5 Å². The summed E-state index contributed by atoms with van der Waals surface area (Å²) in [6.07, 6.45) is 1.84. The van der Waals surface area contributed by atoms with E-state index in [1.165, 1.54) is 19.2 Å². The second-order valence-electron chi connectivity index (χ2n) is 5.91. The first-order valence-corrected chi connectivity index (χ1v) is 8.98.